The van der Waals surface area contributed by atoms with E-state index in [1.165, 1.54) is 6.42 Å². The zero-order chi connectivity index (χ0) is 14.1. The van der Waals surface area contributed by atoms with Crippen LogP contribution in [0.2, 0.25) is 0 Å². The second kappa shape index (κ2) is 5.12. The van der Waals surface area contributed by atoms with Gasteiger partial charge in [-0.1, -0.05) is 33.6 Å². The van der Waals surface area contributed by atoms with Gasteiger partial charge in [0.2, 0.25) is 0 Å². The molecular formula is C16H26N2O. The number of aliphatic hydroxyl groups is 1. The van der Waals surface area contributed by atoms with Crippen LogP contribution in [0.4, 0.5) is 5.69 Å². The SMILES string of the molecule is CC(C)(C)C1CCCCC1(O)Cc1cnccc1N. The van der Waals surface area contributed by atoms with E-state index in [-0.39, 0.29) is 5.41 Å². The number of aromatic nitrogens is 1. The minimum absolute atomic E-state index is 0.117. The van der Waals surface area contributed by atoms with Gasteiger partial charge < -0.3 is 10.8 Å². The minimum atomic E-state index is -0.645. The van der Waals surface area contributed by atoms with Gasteiger partial charge >= 0.3 is 0 Å². The highest BCUT2D eigenvalue weighted by atomic mass is 16.3. The van der Waals surface area contributed by atoms with Crippen molar-refractivity contribution in [3.63, 3.8) is 0 Å². The van der Waals surface area contributed by atoms with Gasteiger partial charge in [-0.25, -0.2) is 0 Å². The van der Waals surface area contributed by atoms with Crippen LogP contribution in [-0.2, 0) is 6.42 Å². The first-order chi connectivity index (χ1) is 8.83. The van der Waals surface area contributed by atoms with Crippen LogP contribution >= 0.6 is 0 Å². The van der Waals surface area contributed by atoms with Gasteiger partial charge in [0.15, 0.2) is 0 Å². The zero-order valence-electron chi connectivity index (χ0n) is 12.3. The maximum absolute atomic E-state index is 11.2. The van der Waals surface area contributed by atoms with Crippen LogP contribution in [-0.4, -0.2) is 15.7 Å². The molecule has 1 aromatic heterocycles. The topological polar surface area (TPSA) is 59.1 Å². The van der Waals surface area contributed by atoms with Crippen LogP contribution in [0.25, 0.3) is 0 Å². The monoisotopic (exact) mass is 262 g/mol. The molecule has 0 aliphatic heterocycles. The van der Waals surface area contributed by atoms with Crippen LogP contribution < -0.4 is 5.73 Å². The number of hydrogen-bond donors (Lipinski definition) is 2. The molecule has 0 spiro atoms. The van der Waals surface area contributed by atoms with E-state index in [0.717, 1.165) is 30.5 Å². The second-order valence-electron chi connectivity index (χ2n) is 7.02. The summed E-state index contributed by atoms with van der Waals surface area (Å²) in [4.78, 5) is 4.14. The Kier molecular flexibility index (Phi) is 3.86. The summed E-state index contributed by atoms with van der Waals surface area (Å²) in [5.41, 5.74) is 7.18. The van der Waals surface area contributed by atoms with Crippen molar-refractivity contribution >= 4 is 5.69 Å². The lowest BCUT2D eigenvalue weighted by Crippen LogP contribution is -2.48. The first-order valence-electron chi connectivity index (χ1n) is 7.24. The highest BCUT2D eigenvalue weighted by Crippen LogP contribution is 2.46. The van der Waals surface area contributed by atoms with Crippen molar-refractivity contribution in [1.82, 2.24) is 4.98 Å². The molecule has 1 aliphatic rings. The molecule has 2 atom stereocenters. The molecule has 0 bridgehead atoms. The van der Waals surface area contributed by atoms with Gasteiger partial charge in [-0.2, -0.15) is 0 Å². The van der Waals surface area contributed by atoms with Crippen molar-refractivity contribution < 1.29 is 5.11 Å². The third-order valence-corrected chi connectivity index (χ3v) is 4.48. The van der Waals surface area contributed by atoms with E-state index in [9.17, 15) is 5.11 Å². The molecule has 2 rings (SSSR count). The summed E-state index contributed by atoms with van der Waals surface area (Å²) in [6.07, 6.45) is 8.39. The van der Waals surface area contributed by atoms with Crippen molar-refractivity contribution in [2.24, 2.45) is 11.3 Å². The van der Waals surface area contributed by atoms with Crippen LogP contribution in [0.15, 0.2) is 18.5 Å². The number of anilines is 1. The Morgan fingerprint density at radius 2 is 2.16 bits per heavy atom. The average Bonchev–Trinajstić information content (AvgIpc) is 2.31. The summed E-state index contributed by atoms with van der Waals surface area (Å²) in [7, 11) is 0. The van der Waals surface area contributed by atoms with Crippen molar-refractivity contribution in [2.45, 2.75) is 58.5 Å². The molecule has 1 fully saturated rings. The number of nitrogens with zero attached hydrogens (tertiary/aromatic N) is 1. The lowest BCUT2D eigenvalue weighted by Gasteiger charge is -2.47. The Labute approximate surface area is 116 Å². The van der Waals surface area contributed by atoms with Gasteiger partial charge in [-0.3, -0.25) is 4.98 Å². The standard InChI is InChI=1S/C16H26N2O/c1-15(2,3)14-6-4-5-8-16(14,19)10-12-11-18-9-7-13(12)17/h7,9,11,14,19H,4-6,8,10H2,1-3H3,(H2,17,18). The molecule has 1 heterocycles. The molecule has 0 saturated heterocycles. The number of nitrogens with two attached hydrogens (primary N) is 1. The lowest BCUT2D eigenvalue weighted by molar-refractivity contribution is -0.0888. The maximum atomic E-state index is 11.2. The van der Waals surface area contributed by atoms with Gasteiger partial charge in [0.25, 0.3) is 0 Å². The Bertz CT molecular complexity index is 439. The molecule has 1 aliphatic carbocycles. The zero-order valence-corrected chi connectivity index (χ0v) is 12.3. The molecule has 2 unspecified atom stereocenters. The number of nitrogen functional groups attached to an aromatic ring is 1. The summed E-state index contributed by atoms with van der Waals surface area (Å²) in [6.45, 7) is 6.67. The summed E-state index contributed by atoms with van der Waals surface area (Å²) < 4.78 is 0. The van der Waals surface area contributed by atoms with Crippen molar-refractivity contribution in [1.29, 1.82) is 0 Å². The van der Waals surface area contributed by atoms with Gasteiger partial charge in [0.05, 0.1) is 5.60 Å². The number of pyridine rings is 1. The second-order valence-corrected chi connectivity index (χ2v) is 7.02. The average molecular weight is 262 g/mol. The molecule has 106 valence electrons. The van der Waals surface area contributed by atoms with E-state index in [1.807, 2.05) is 6.07 Å². The van der Waals surface area contributed by atoms with Crippen LogP contribution in [0, 0.1) is 11.3 Å². The molecule has 0 amide bonds. The van der Waals surface area contributed by atoms with E-state index in [0.29, 0.717) is 12.3 Å². The summed E-state index contributed by atoms with van der Waals surface area (Å²) in [5.74, 6) is 0.313. The molecular weight excluding hydrogens is 236 g/mol. The predicted molar refractivity (Wildman–Crippen MR) is 78.7 cm³/mol. The quantitative estimate of drug-likeness (QED) is 0.860. The van der Waals surface area contributed by atoms with Crippen molar-refractivity contribution in [3.8, 4) is 0 Å². The Morgan fingerprint density at radius 3 is 2.79 bits per heavy atom. The fourth-order valence-electron chi connectivity index (χ4n) is 3.59. The van der Waals surface area contributed by atoms with E-state index < -0.39 is 5.60 Å². The van der Waals surface area contributed by atoms with Crippen LogP contribution in [0.3, 0.4) is 0 Å². The van der Waals surface area contributed by atoms with E-state index >= 15 is 0 Å². The maximum Gasteiger partial charge on any atom is 0.0722 e. The number of hydrogen-bond acceptors (Lipinski definition) is 3. The van der Waals surface area contributed by atoms with Gasteiger partial charge in [-0.05, 0) is 35.8 Å². The predicted octanol–water partition coefficient (Wildman–Crippen LogP) is 3.17. The Morgan fingerprint density at radius 1 is 1.42 bits per heavy atom. The van der Waals surface area contributed by atoms with Crippen molar-refractivity contribution in [2.75, 3.05) is 5.73 Å². The molecule has 1 aromatic rings. The smallest absolute Gasteiger partial charge is 0.0722 e. The first-order valence-corrected chi connectivity index (χ1v) is 7.24. The summed E-state index contributed by atoms with van der Waals surface area (Å²) >= 11 is 0. The molecule has 3 N–H and O–H groups in total. The van der Waals surface area contributed by atoms with Gasteiger partial charge in [0.1, 0.15) is 0 Å². The van der Waals surface area contributed by atoms with Gasteiger partial charge in [0, 0.05) is 24.5 Å². The van der Waals surface area contributed by atoms with Crippen LogP contribution in [0.5, 0.6) is 0 Å². The van der Waals surface area contributed by atoms with E-state index in [4.69, 9.17) is 5.73 Å². The molecule has 3 nitrogen and oxygen atoms in total. The molecule has 3 heteroatoms. The van der Waals surface area contributed by atoms with E-state index in [1.54, 1.807) is 12.4 Å². The van der Waals surface area contributed by atoms with E-state index in [2.05, 4.69) is 25.8 Å². The summed E-state index contributed by atoms with van der Waals surface area (Å²) in [6, 6.07) is 1.81. The molecule has 0 radical (unpaired) electrons. The molecule has 1 saturated carbocycles. The third-order valence-electron chi connectivity index (χ3n) is 4.48. The summed E-state index contributed by atoms with van der Waals surface area (Å²) in [5, 5.41) is 11.2. The molecule has 19 heavy (non-hydrogen) atoms. The fourth-order valence-corrected chi connectivity index (χ4v) is 3.59. The highest BCUT2D eigenvalue weighted by molar-refractivity contribution is 5.45. The Hall–Kier alpha value is -1.09. The van der Waals surface area contributed by atoms with Crippen LogP contribution in [0.1, 0.15) is 52.0 Å². The highest BCUT2D eigenvalue weighted by Gasteiger charge is 2.44. The fraction of sp³-hybridized carbons (Fsp3) is 0.688. The minimum Gasteiger partial charge on any atom is -0.398 e. The van der Waals surface area contributed by atoms with Crippen molar-refractivity contribution in [3.05, 3.63) is 24.0 Å². The Balaban J connectivity index is 2.26. The number of rotatable bonds is 2. The molecule has 0 aromatic carbocycles. The third kappa shape index (κ3) is 3.08. The van der Waals surface area contributed by atoms with Gasteiger partial charge in [-0.15, -0.1) is 0 Å². The lowest BCUT2D eigenvalue weighted by atomic mass is 9.62. The largest absolute Gasteiger partial charge is 0.398 e. The first kappa shape index (κ1) is 14.3. The normalized spacial score (nSPS) is 28.3.